The second-order valence-electron chi connectivity index (χ2n) is 10.7. The molecule has 10 nitrogen and oxygen atoms in total. The van der Waals surface area contributed by atoms with Gasteiger partial charge in [0.25, 0.3) is 15.7 Å². The van der Waals surface area contributed by atoms with Crippen LogP contribution in [0.5, 0.6) is 0 Å². The molecule has 0 saturated heterocycles. The number of hydrogen-bond acceptors (Lipinski definition) is 7. The molecule has 0 N–H and O–H groups in total. The highest BCUT2D eigenvalue weighted by Crippen LogP contribution is 2.40. The molecule has 3 aromatic carbocycles. The number of fused-ring (bicyclic) bond motifs is 1. The number of aryl methyl sites for hydroxylation is 1. The van der Waals surface area contributed by atoms with E-state index >= 15 is 0 Å². The van der Waals surface area contributed by atoms with E-state index in [1.165, 1.54) is 16.1 Å². The quantitative estimate of drug-likeness (QED) is 0.137. The van der Waals surface area contributed by atoms with Gasteiger partial charge in [0.05, 0.1) is 15.5 Å². The van der Waals surface area contributed by atoms with Crippen molar-refractivity contribution in [2.45, 2.75) is 24.9 Å². The average molecular weight is 607 g/mol. The van der Waals surface area contributed by atoms with Gasteiger partial charge in [0, 0.05) is 54.1 Å². The lowest BCUT2D eigenvalue weighted by Crippen LogP contribution is -2.15. The first-order chi connectivity index (χ1) is 21.2. The second-order valence-corrected chi connectivity index (χ2v) is 12.5. The third kappa shape index (κ3) is 5.27. The van der Waals surface area contributed by atoms with Gasteiger partial charge in [0.2, 0.25) is 0 Å². The molecule has 6 rings (SSSR count). The number of nitro benzene ring substituents is 1. The number of nitro groups is 1. The number of pyridine rings is 1. The van der Waals surface area contributed by atoms with Crippen LogP contribution in [0.2, 0.25) is 0 Å². The van der Waals surface area contributed by atoms with Gasteiger partial charge < -0.3 is 4.90 Å². The first kappa shape index (κ1) is 29.0. The Morgan fingerprint density at radius 3 is 2.32 bits per heavy atom. The van der Waals surface area contributed by atoms with Crippen LogP contribution in [0.4, 0.5) is 5.69 Å². The van der Waals surface area contributed by atoms with Crippen LogP contribution in [-0.2, 0) is 23.1 Å². The summed E-state index contributed by atoms with van der Waals surface area (Å²) in [4.78, 5) is 17.6. The minimum Gasteiger partial charge on any atom is -0.305 e. The lowest BCUT2D eigenvalue weighted by molar-refractivity contribution is -0.384. The van der Waals surface area contributed by atoms with Crippen molar-refractivity contribution in [2.24, 2.45) is 0 Å². The molecule has 0 spiro atoms. The van der Waals surface area contributed by atoms with Crippen molar-refractivity contribution in [1.82, 2.24) is 23.6 Å². The molecule has 0 fully saturated rings. The van der Waals surface area contributed by atoms with Crippen LogP contribution in [0.25, 0.3) is 44.7 Å². The number of nitrogens with zero attached hydrogens (tertiary/aromatic N) is 6. The zero-order valence-corrected chi connectivity index (χ0v) is 25.3. The number of aromatic nitrogens is 4. The van der Waals surface area contributed by atoms with Crippen molar-refractivity contribution < 1.29 is 13.3 Å². The summed E-state index contributed by atoms with van der Waals surface area (Å²) in [5, 5.41) is 16.7. The lowest BCUT2D eigenvalue weighted by atomic mass is 10.00. The zero-order valence-electron chi connectivity index (χ0n) is 24.5. The molecule has 3 heterocycles. The Morgan fingerprint density at radius 2 is 1.64 bits per heavy atom. The Kier molecular flexibility index (Phi) is 7.58. The highest BCUT2D eigenvalue weighted by Gasteiger charge is 2.27. The summed E-state index contributed by atoms with van der Waals surface area (Å²) >= 11 is 0. The third-order valence-corrected chi connectivity index (χ3v) is 9.11. The van der Waals surface area contributed by atoms with Gasteiger partial charge in [-0.1, -0.05) is 36.4 Å². The molecular formula is C33H30N6O4S. The molecule has 0 aliphatic heterocycles. The van der Waals surface area contributed by atoms with E-state index in [9.17, 15) is 18.5 Å². The maximum Gasteiger partial charge on any atom is 0.269 e. The maximum absolute atomic E-state index is 14.3. The van der Waals surface area contributed by atoms with E-state index in [0.29, 0.717) is 41.1 Å². The molecule has 6 aromatic rings. The van der Waals surface area contributed by atoms with Crippen molar-refractivity contribution in [1.29, 1.82) is 0 Å². The Morgan fingerprint density at radius 1 is 0.886 bits per heavy atom. The van der Waals surface area contributed by atoms with Gasteiger partial charge in [-0.15, -0.1) is 0 Å². The third-order valence-electron chi connectivity index (χ3n) is 7.39. The summed E-state index contributed by atoms with van der Waals surface area (Å²) in [7, 11) is -0.0818. The fraction of sp³-hybridized carbons (Fsp3) is 0.152. The predicted molar refractivity (Wildman–Crippen MR) is 171 cm³/mol. The molecule has 0 radical (unpaired) electrons. The maximum atomic E-state index is 14.3. The Hall–Kier alpha value is -5.13. The van der Waals surface area contributed by atoms with Crippen molar-refractivity contribution in [3.05, 3.63) is 119 Å². The molecule has 3 aromatic heterocycles. The topological polar surface area (TPSA) is 116 Å². The van der Waals surface area contributed by atoms with E-state index in [0.717, 1.165) is 22.3 Å². The second kappa shape index (κ2) is 11.5. The fourth-order valence-corrected chi connectivity index (χ4v) is 6.88. The van der Waals surface area contributed by atoms with Crippen LogP contribution in [-0.4, -0.2) is 51.1 Å². The minimum absolute atomic E-state index is 0.0131. The lowest BCUT2D eigenvalue weighted by Gasteiger charge is -2.14. The largest absolute Gasteiger partial charge is 0.305 e. The van der Waals surface area contributed by atoms with Crippen molar-refractivity contribution in [2.75, 3.05) is 14.1 Å². The molecule has 0 atom stereocenters. The van der Waals surface area contributed by atoms with Gasteiger partial charge in [-0.05, 0) is 80.2 Å². The van der Waals surface area contributed by atoms with Gasteiger partial charge >= 0.3 is 0 Å². The molecule has 44 heavy (non-hydrogen) atoms. The fourth-order valence-electron chi connectivity index (χ4n) is 5.38. The Balaban J connectivity index is 1.62. The number of benzene rings is 3. The zero-order chi connectivity index (χ0) is 31.0. The molecule has 0 bridgehead atoms. The van der Waals surface area contributed by atoms with E-state index < -0.39 is 14.9 Å². The van der Waals surface area contributed by atoms with Crippen LogP contribution in [0, 0.1) is 10.1 Å². The summed E-state index contributed by atoms with van der Waals surface area (Å²) in [6, 6.07) is 26.2. The van der Waals surface area contributed by atoms with E-state index in [1.807, 2.05) is 63.6 Å². The first-order valence-corrected chi connectivity index (χ1v) is 15.5. The van der Waals surface area contributed by atoms with Gasteiger partial charge in [-0.2, -0.15) is 5.10 Å². The molecule has 0 amide bonds. The molecule has 0 aliphatic carbocycles. The van der Waals surface area contributed by atoms with Gasteiger partial charge in [-0.3, -0.25) is 14.8 Å². The van der Waals surface area contributed by atoms with Crippen molar-refractivity contribution >= 4 is 26.7 Å². The monoisotopic (exact) mass is 606 g/mol. The van der Waals surface area contributed by atoms with Gasteiger partial charge in [-0.25, -0.2) is 17.4 Å². The SMILES string of the molecule is CCn1cc(-c2ccnc3c2cc(-c2cccc(CN(C)C)c2)n3S(=O)(=O)c2ccccc2)c(-c2ccc([N+](=O)[O-])cc2)n1. The summed E-state index contributed by atoms with van der Waals surface area (Å²) in [5.74, 6) is 0. The normalized spacial score (nSPS) is 11.8. The first-order valence-electron chi connectivity index (χ1n) is 14.0. The van der Waals surface area contributed by atoms with E-state index in [2.05, 4.69) is 9.88 Å². The minimum atomic E-state index is -4.05. The summed E-state index contributed by atoms with van der Waals surface area (Å²) < 4.78 is 31.7. The Bertz CT molecular complexity index is 2100. The van der Waals surface area contributed by atoms with Crippen molar-refractivity contribution in [3.63, 3.8) is 0 Å². The predicted octanol–water partition coefficient (Wildman–Crippen LogP) is 6.46. The highest BCUT2D eigenvalue weighted by molar-refractivity contribution is 7.90. The number of rotatable bonds is 9. The Labute approximate surface area is 255 Å². The molecule has 0 unspecified atom stereocenters. The molecular weight excluding hydrogens is 576 g/mol. The average Bonchev–Trinajstić information content (AvgIpc) is 3.64. The highest BCUT2D eigenvalue weighted by atomic mass is 32.2. The van der Waals surface area contributed by atoms with Crippen LogP contribution in [0.15, 0.2) is 108 Å². The van der Waals surface area contributed by atoms with Crippen LogP contribution in [0.1, 0.15) is 12.5 Å². The van der Waals surface area contributed by atoms with E-state index in [1.54, 1.807) is 53.3 Å². The van der Waals surface area contributed by atoms with Crippen LogP contribution < -0.4 is 0 Å². The molecule has 11 heteroatoms. The van der Waals surface area contributed by atoms with Crippen molar-refractivity contribution in [3.8, 4) is 33.6 Å². The van der Waals surface area contributed by atoms with E-state index in [4.69, 9.17) is 5.10 Å². The molecule has 0 aliphatic rings. The van der Waals surface area contributed by atoms with Crippen LogP contribution in [0.3, 0.4) is 0 Å². The van der Waals surface area contributed by atoms with E-state index in [-0.39, 0.29) is 10.6 Å². The molecule has 0 saturated carbocycles. The smallest absolute Gasteiger partial charge is 0.269 e. The van der Waals surface area contributed by atoms with Gasteiger partial charge in [0.15, 0.2) is 5.65 Å². The summed E-state index contributed by atoms with van der Waals surface area (Å²) in [5.41, 5.74) is 5.39. The number of non-ortho nitro benzene ring substituents is 1. The summed E-state index contributed by atoms with van der Waals surface area (Å²) in [6.45, 7) is 3.26. The van der Waals surface area contributed by atoms with Crippen LogP contribution >= 0.6 is 0 Å². The number of hydrogen-bond donors (Lipinski definition) is 0. The van der Waals surface area contributed by atoms with Gasteiger partial charge in [0.1, 0.15) is 5.69 Å². The molecule has 222 valence electrons. The summed E-state index contributed by atoms with van der Waals surface area (Å²) in [6.07, 6.45) is 3.51. The standard InChI is InChI=1S/C33H30N6O4S/c1-4-37-22-30(32(35-37)24-13-15-26(16-14-24)39(40)41)28-17-18-34-33-29(28)20-31(25-10-8-9-23(19-25)21-36(2)3)38(33)44(42,43)27-11-6-5-7-12-27/h5-20,22H,4,21H2,1-3H3.